The molecule has 0 saturated heterocycles. The maximum absolute atomic E-state index is 12.0. The first kappa shape index (κ1) is 17.6. The fourth-order valence-electron chi connectivity index (χ4n) is 2.58. The summed E-state index contributed by atoms with van der Waals surface area (Å²) in [6, 6.07) is 13.1. The van der Waals surface area contributed by atoms with E-state index in [1.165, 1.54) is 13.8 Å². The Labute approximate surface area is 150 Å². The lowest BCUT2D eigenvalue weighted by atomic mass is 9.89. The van der Waals surface area contributed by atoms with Gasteiger partial charge in [0.25, 0.3) is 0 Å². The van der Waals surface area contributed by atoms with E-state index in [1.54, 1.807) is 12.1 Å². The average molecular weight is 352 g/mol. The first-order valence-electron chi connectivity index (χ1n) is 8.26. The van der Waals surface area contributed by atoms with Crippen molar-refractivity contribution in [3.63, 3.8) is 0 Å². The van der Waals surface area contributed by atoms with Crippen LogP contribution in [0.15, 0.2) is 48.7 Å². The van der Waals surface area contributed by atoms with E-state index in [0.717, 1.165) is 17.0 Å². The molecule has 1 aromatic carbocycles. The number of nitrogens with one attached hydrogen (secondary N) is 1. The Bertz CT molecular complexity index is 945. The summed E-state index contributed by atoms with van der Waals surface area (Å²) in [5, 5.41) is 20.2. The topological polar surface area (TPSA) is 96.6 Å². The van der Waals surface area contributed by atoms with Crippen LogP contribution in [0.2, 0.25) is 0 Å². The molecule has 7 nitrogen and oxygen atoms in total. The second-order valence-corrected chi connectivity index (χ2v) is 6.83. The number of amides is 1. The number of carboxylic acids is 1. The SMILES string of the molecule is CC(C)(CC(=O)Nc1ccc(Cc2nnc3ccccn23)cc1)C(=O)O. The molecule has 0 saturated carbocycles. The zero-order chi connectivity index (χ0) is 18.7. The summed E-state index contributed by atoms with van der Waals surface area (Å²) in [7, 11) is 0. The second kappa shape index (κ2) is 6.95. The highest BCUT2D eigenvalue weighted by molar-refractivity contribution is 5.94. The molecular formula is C19H20N4O3. The third kappa shape index (κ3) is 3.88. The van der Waals surface area contributed by atoms with E-state index in [1.807, 2.05) is 40.9 Å². The molecule has 0 unspecified atom stereocenters. The molecule has 3 aromatic rings. The number of anilines is 1. The Balaban J connectivity index is 1.65. The van der Waals surface area contributed by atoms with Crippen LogP contribution in [0.3, 0.4) is 0 Å². The van der Waals surface area contributed by atoms with Gasteiger partial charge in [-0.2, -0.15) is 0 Å². The summed E-state index contributed by atoms with van der Waals surface area (Å²) in [5.74, 6) is -0.488. The fourth-order valence-corrected chi connectivity index (χ4v) is 2.58. The van der Waals surface area contributed by atoms with Crippen molar-refractivity contribution in [3.8, 4) is 0 Å². The molecule has 0 spiro atoms. The summed E-state index contributed by atoms with van der Waals surface area (Å²) in [5.41, 5.74) is 1.36. The summed E-state index contributed by atoms with van der Waals surface area (Å²) < 4.78 is 1.93. The second-order valence-electron chi connectivity index (χ2n) is 6.83. The lowest BCUT2D eigenvalue weighted by molar-refractivity contribution is -0.148. The van der Waals surface area contributed by atoms with E-state index in [4.69, 9.17) is 5.11 Å². The molecule has 26 heavy (non-hydrogen) atoms. The van der Waals surface area contributed by atoms with E-state index < -0.39 is 11.4 Å². The number of rotatable bonds is 6. The average Bonchev–Trinajstić information content (AvgIpc) is 2.99. The number of benzene rings is 1. The maximum Gasteiger partial charge on any atom is 0.309 e. The number of hydrogen-bond acceptors (Lipinski definition) is 4. The molecule has 2 N–H and O–H groups in total. The maximum atomic E-state index is 12.0. The Morgan fingerprint density at radius 1 is 1.12 bits per heavy atom. The Hall–Kier alpha value is -3.22. The summed E-state index contributed by atoms with van der Waals surface area (Å²) in [6.07, 6.45) is 2.45. The highest BCUT2D eigenvalue weighted by Crippen LogP contribution is 2.21. The van der Waals surface area contributed by atoms with Crippen molar-refractivity contribution in [2.24, 2.45) is 5.41 Å². The van der Waals surface area contributed by atoms with Crippen LogP contribution in [0.25, 0.3) is 5.65 Å². The monoisotopic (exact) mass is 352 g/mol. The van der Waals surface area contributed by atoms with Gasteiger partial charge in [0, 0.05) is 24.7 Å². The number of carbonyl (C=O) groups is 2. The van der Waals surface area contributed by atoms with Crippen molar-refractivity contribution in [2.45, 2.75) is 26.7 Å². The van der Waals surface area contributed by atoms with E-state index in [-0.39, 0.29) is 12.3 Å². The normalized spacial score (nSPS) is 11.5. The minimum atomic E-state index is -1.10. The predicted molar refractivity (Wildman–Crippen MR) is 96.9 cm³/mol. The highest BCUT2D eigenvalue weighted by Gasteiger charge is 2.30. The number of hydrogen-bond donors (Lipinski definition) is 2. The lowest BCUT2D eigenvalue weighted by Crippen LogP contribution is -2.29. The van der Waals surface area contributed by atoms with Crippen molar-refractivity contribution in [2.75, 3.05) is 5.32 Å². The zero-order valence-corrected chi connectivity index (χ0v) is 14.6. The van der Waals surface area contributed by atoms with Crippen LogP contribution < -0.4 is 5.32 Å². The molecule has 0 aliphatic heterocycles. The first-order chi connectivity index (χ1) is 12.3. The molecule has 1 amide bonds. The number of pyridine rings is 1. The van der Waals surface area contributed by atoms with Crippen LogP contribution in [0.5, 0.6) is 0 Å². The summed E-state index contributed by atoms with van der Waals surface area (Å²) in [4.78, 5) is 23.1. The van der Waals surface area contributed by atoms with Crippen LogP contribution >= 0.6 is 0 Å². The van der Waals surface area contributed by atoms with Crippen LogP contribution in [-0.4, -0.2) is 31.6 Å². The number of carboxylic acid groups (broad SMARTS) is 1. The number of fused-ring (bicyclic) bond motifs is 1. The molecule has 0 bridgehead atoms. The lowest BCUT2D eigenvalue weighted by Gasteiger charge is -2.18. The van der Waals surface area contributed by atoms with Crippen molar-refractivity contribution in [1.82, 2.24) is 14.6 Å². The van der Waals surface area contributed by atoms with Gasteiger partial charge in [-0.3, -0.25) is 14.0 Å². The van der Waals surface area contributed by atoms with Gasteiger partial charge in [-0.1, -0.05) is 18.2 Å². The van der Waals surface area contributed by atoms with Gasteiger partial charge in [0.2, 0.25) is 5.91 Å². The zero-order valence-electron chi connectivity index (χ0n) is 14.6. The van der Waals surface area contributed by atoms with Gasteiger partial charge in [0.05, 0.1) is 5.41 Å². The van der Waals surface area contributed by atoms with Crippen LogP contribution in [0.4, 0.5) is 5.69 Å². The molecule has 2 heterocycles. The van der Waals surface area contributed by atoms with Crippen LogP contribution in [-0.2, 0) is 16.0 Å². The molecule has 3 rings (SSSR count). The molecule has 7 heteroatoms. The number of nitrogens with zero attached hydrogens (tertiary/aromatic N) is 3. The van der Waals surface area contributed by atoms with Crippen molar-refractivity contribution in [1.29, 1.82) is 0 Å². The third-order valence-electron chi connectivity index (χ3n) is 4.17. The van der Waals surface area contributed by atoms with E-state index in [9.17, 15) is 9.59 Å². The molecule has 0 radical (unpaired) electrons. The van der Waals surface area contributed by atoms with Crippen molar-refractivity contribution >= 4 is 23.2 Å². The van der Waals surface area contributed by atoms with Crippen molar-refractivity contribution in [3.05, 3.63) is 60.0 Å². The fraction of sp³-hybridized carbons (Fsp3) is 0.263. The van der Waals surface area contributed by atoms with Gasteiger partial charge < -0.3 is 10.4 Å². The van der Waals surface area contributed by atoms with E-state index in [2.05, 4.69) is 15.5 Å². The Morgan fingerprint density at radius 2 is 1.85 bits per heavy atom. The molecule has 2 aromatic heterocycles. The van der Waals surface area contributed by atoms with Crippen molar-refractivity contribution < 1.29 is 14.7 Å². The van der Waals surface area contributed by atoms with Crippen LogP contribution in [0.1, 0.15) is 31.7 Å². The van der Waals surface area contributed by atoms with Gasteiger partial charge in [0.1, 0.15) is 5.82 Å². The number of aromatic nitrogens is 3. The molecule has 134 valence electrons. The molecule has 0 aliphatic rings. The summed E-state index contributed by atoms with van der Waals surface area (Å²) in [6.45, 7) is 3.06. The minimum absolute atomic E-state index is 0.0875. The standard InChI is InChI=1S/C19H20N4O3/c1-19(2,18(25)26)12-17(24)20-14-8-6-13(7-9-14)11-16-22-21-15-5-3-4-10-23(15)16/h3-10H,11-12H2,1-2H3,(H,20,24)(H,25,26). The van der Waals surface area contributed by atoms with E-state index in [0.29, 0.717) is 12.1 Å². The van der Waals surface area contributed by atoms with Gasteiger partial charge in [-0.25, -0.2) is 0 Å². The molecular weight excluding hydrogens is 332 g/mol. The van der Waals surface area contributed by atoms with Gasteiger partial charge in [-0.05, 0) is 43.7 Å². The van der Waals surface area contributed by atoms with Crippen LogP contribution in [0, 0.1) is 5.41 Å². The predicted octanol–water partition coefficient (Wildman–Crippen LogP) is 2.76. The largest absolute Gasteiger partial charge is 0.481 e. The molecule has 0 aliphatic carbocycles. The minimum Gasteiger partial charge on any atom is -0.481 e. The smallest absolute Gasteiger partial charge is 0.309 e. The van der Waals surface area contributed by atoms with Gasteiger partial charge in [-0.15, -0.1) is 10.2 Å². The third-order valence-corrected chi connectivity index (χ3v) is 4.17. The molecule has 0 atom stereocenters. The van der Waals surface area contributed by atoms with E-state index >= 15 is 0 Å². The number of carbonyl (C=O) groups excluding carboxylic acids is 1. The van der Waals surface area contributed by atoms with Gasteiger partial charge >= 0.3 is 5.97 Å². The number of aliphatic carboxylic acids is 1. The molecule has 0 fully saturated rings. The summed E-state index contributed by atoms with van der Waals surface area (Å²) >= 11 is 0. The van der Waals surface area contributed by atoms with Gasteiger partial charge in [0.15, 0.2) is 5.65 Å². The Kier molecular flexibility index (Phi) is 4.71. The first-order valence-corrected chi connectivity index (χ1v) is 8.26. The Morgan fingerprint density at radius 3 is 2.54 bits per heavy atom. The highest BCUT2D eigenvalue weighted by atomic mass is 16.4. The quantitative estimate of drug-likeness (QED) is 0.711.